The maximum absolute atomic E-state index is 13.0. The van der Waals surface area contributed by atoms with Gasteiger partial charge >= 0.3 is 0 Å². The van der Waals surface area contributed by atoms with E-state index >= 15 is 0 Å². The van der Waals surface area contributed by atoms with Gasteiger partial charge in [0, 0.05) is 18.3 Å². The summed E-state index contributed by atoms with van der Waals surface area (Å²) in [6.45, 7) is 0.464. The molecular weight excluding hydrogens is 314 g/mol. The standard InChI is InChI=1S/C18H18F2N2O2/c19-15-9-8-14(11-16(15)20)22-18(24)12-17(23)21-10-4-7-13-5-2-1-3-6-13/h1-3,5-6,8-9,11H,4,7,10,12H2,(H,21,23)(H,22,24). The van der Waals surface area contributed by atoms with Crippen molar-refractivity contribution >= 4 is 17.5 Å². The van der Waals surface area contributed by atoms with Crippen molar-refractivity contribution in [1.29, 1.82) is 0 Å². The van der Waals surface area contributed by atoms with Gasteiger partial charge in [-0.2, -0.15) is 0 Å². The zero-order valence-corrected chi connectivity index (χ0v) is 13.0. The third kappa shape index (κ3) is 5.79. The number of hydrogen-bond acceptors (Lipinski definition) is 2. The maximum Gasteiger partial charge on any atom is 0.233 e. The van der Waals surface area contributed by atoms with Crippen LogP contribution in [-0.2, 0) is 16.0 Å². The molecule has 2 N–H and O–H groups in total. The van der Waals surface area contributed by atoms with Crippen LogP contribution >= 0.6 is 0 Å². The molecule has 24 heavy (non-hydrogen) atoms. The molecule has 0 bridgehead atoms. The third-order valence-corrected chi connectivity index (χ3v) is 3.33. The Kier molecular flexibility index (Phi) is 6.42. The molecule has 0 aliphatic rings. The van der Waals surface area contributed by atoms with Crippen molar-refractivity contribution in [2.45, 2.75) is 19.3 Å². The van der Waals surface area contributed by atoms with E-state index in [4.69, 9.17) is 0 Å². The molecule has 0 aliphatic carbocycles. The average Bonchev–Trinajstić information content (AvgIpc) is 2.56. The second-order valence-corrected chi connectivity index (χ2v) is 5.29. The molecule has 2 rings (SSSR count). The number of rotatable bonds is 7. The number of anilines is 1. The van der Waals surface area contributed by atoms with Crippen LogP contribution in [0.1, 0.15) is 18.4 Å². The van der Waals surface area contributed by atoms with E-state index in [0.29, 0.717) is 6.54 Å². The van der Waals surface area contributed by atoms with Crippen LogP contribution in [0.4, 0.5) is 14.5 Å². The normalized spacial score (nSPS) is 10.2. The lowest BCUT2D eigenvalue weighted by atomic mass is 10.1. The molecule has 0 saturated heterocycles. The first-order chi connectivity index (χ1) is 11.5. The zero-order valence-electron chi connectivity index (χ0n) is 13.0. The minimum absolute atomic E-state index is 0.107. The first kappa shape index (κ1) is 17.6. The van der Waals surface area contributed by atoms with Crippen LogP contribution in [0, 0.1) is 11.6 Å². The lowest BCUT2D eigenvalue weighted by molar-refractivity contribution is -0.126. The van der Waals surface area contributed by atoms with Gasteiger partial charge in [0.2, 0.25) is 11.8 Å². The summed E-state index contributed by atoms with van der Waals surface area (Å²) < 4.78 is 25.8. The molecule has 0 radical (unpaired) electrons. The van der Waals surface area contributed by atoms with Gasteiger partial charge in [-0.25, -0.2) is 8.78 Å². The fourth-order valence-corrected chi connectivity index (χ4v) is 2.15. The zero-order chi connectivity index (χ0) is 17.4. The summed E-state index contributed by atoms with van der Waals surface area (Å²) >= 11 is 0. The number of aryl methyl sites for hydroxylation is 1. The first-order valence-electron chi connectivity index (χ1n) is 7.60. The van der Waals surface area contributed by atoms with Gasteiger partial charge in [-0.05, 0) is 30.5 Å². The van der Waals surface area contributed by atoms with Crippen molar-refractivity contribution in [2.24, 2.45) is 0 Å². The highest BCUT2D eigenvalue weighted by atomic mass is 19.2. The Morgan fingerprint density at radius 2 is 1.67 bits per heavy atom. The second kappa shape index (κ2) is 8.76. The fraction of sp³-hybridized carbons (Fsp3) is 0.222. The van der Waals surface area contributed by atoms with E-state index in [2.05, 4.69) is 10.6 Å². The summed E-state index contributed by atoms with van der Waals surface area (Å²) in [5.74, 6) is -3.05. The van der Waals surface area contributed by atoms with Gasteiger partial charge in [0.25, 0.3) is 0 Å². The van der Waals surface area contributed by atoms with Crippen LogP contribution in [-0.4, -0.2) is 18.4 Å². The predicted molar refractivity (Wildman–Crippen MR) is 87.4 cm³/mol. The Balaban J connectivity index is 1.68. The van der Waals surface area contributed by atoms with E-state index in [1.165, 1.54) is 11.6 Å². The van der Waals surface area contributed by atoms with Gasteiger partial charge < -0.3 is 10.6 Å². The highest BCUT2D eigenvalue weighted by Crippen LogP contribution is 2.13. The van der Waals surface area contributed by atoms with E-state index in [1.807, 2.05) is 30.3 Å². The number of halogens is 2. The molecule has 0 fully saturated rings. The topological polar surface area (TPSA) is 58.2 Å². The van der Waals surface area contributed by atoms with Gasteiger partial charge in [-0.3, -0.25) is 9.59 Å². The van der Waals surface area contributed by atoms with Crippen LogP contribution in [0.3, 0.4) is 0 Å². The number of carbonyl (C=O) groups excluding carboxylic acids is 2. The van der Waals surface area contributed by atoms with Crippen molar-refractivity contribution in [2.75, 3.05) is 11.9 Å². The Hall–Kier alpha value is -2.76. The van der Waals surface area contributed by atoms with E-state index in [9.17, 15) is 18.4 Å². The Morgan fingerprint density at radius 1 is 0.917 bits per heavy atom. The monoisotopic (exact) mass is 332 g/mol. The molecule has 126 valence electrons. The van der Waals surface area contributed by atoms with Crippen molar-refractivity contribution in [3.05, 3.63) is 65.7 Å². The Labute approximate surface area is 138 Å². The molecule has 0 aromatic heterocycles. The van der Waals surface area contributed by atoms with Crippen molar-refractivity contribution in [3.63, 3.8) is 0 Å². The van der Waals surface area contributed by atoms with Gasteiger partial charge in [0.05, 0.1) is 0 Å². The second-order valence-electron chi connectivity index (χ2n) is 5.29. The minimum atomic E-state index is -1.06. The summed E-state index contributed by atoms with van der Waals surface area (Å²) in [7, 11) is 0. The molecule has 0 heterocycles. The average molecular weight is 332 g/mol. The summed E-state index contributed by atoms with van der Waals surface area (Å²) in [4.78, 5) is 23.4. The van der Waals surface area contributed by atoms with Gasteiger partial charge in [-0.1, -0.05) is 30.3 Å². The number of amides is 2. The van der Waals surface area contributed by atoms with Crippen LogP contribution in [0.5, 0.6) is 0 Å². The predicted octanol–water partition coefficient (Wildman–Crippen LogP) is 3.04. The molecule has 0 spiro atoms. The molecule has 4 nitrogen and oxygen atoms in total. The third-order valence-electron chi connectivity index (χ3n) is 3.33. The fourth-order valence-electron chi connectivity index (χ4n) is 2.15. The van der Waals surface area contributed by atoms with Crippen LogP contribution in [0.2, 0.25) is 0 Å². The van der Waals surface area contributed by atoms with Gasteiger partial charge in [-0.15, -0.1) is 0 Å². The summed E-state index contributed by atoms with van der Waals surface area (Å²) in [6, 6.07) is 12.9. The van der Waals surface area contributed by atoms with Crippen molar-refractivity contribution < 1.29 is 18.4 Å². The summed E-state index contributed by atoms with van der Waals surface area (Å²) in [6.07, 6.45) is 1.23. The molecule has 0 aliphatic heterocycles. The molecule has 2 aromatic rings. The highest BCUT2D eigenvalue weighted by Gasteiger charge is 2.10. The lowest BCUT2D eigenvalue weighted by Gasteiger charge is -2.07. The smallest absolute Gasteiger partial charge is 0.233 e. The molecule has 0 atom stereocenters. The largest absolute Gasteiger partial charge is 0.356 e. The lowest BCUT2D eigenvalue weighted by Crippen LogP contribution is -2.29. The number of hydrogen-bond donors (Lipinski definition) is 2. The summed E-state index contributed by atoms with van der Waals surface area (Å²) in [5.41, 5.74) is 1.29. The molecule has 6 heteroatoms. The Bertz CT molecular complexity index is 705. The van der Waals surface area contributed by atoms with E-state index in [-0.39, 0.29) is 12.1 Å². The maximum atomic E-state index is 13.0. The number of benzene rings is 2. The molecule has 0 saturated carbocycles. The van der Waals surface area contributed by atoms with Crippen LogP contribution < -0.4 is 10.6 Å². The minimum Gasteiger partial charge on any atom is -0.356 e. The molecular formula is C18H18F2N2O2. The number of nitrogens with one attached hydrogen (secondary N) is 2. The van der Waals surface area contributed by atoms with Crippen LogP contribution in [0.15, 0.2) is 48.5 Å². The van der Waals surface area contributed by atoms with Gasteiger partial charge in [0.1, 0.15) is 6.42 Å². The molecule has 2 amide bonds. The summed E-state index contributed by atoms with van der Waals surface area (Å²) in [5, 5.41) is 5.01. The first-order valence-corrected chi connectivity index (χ1v) is 7.60. The van der Waals surface area contributed by atoms with E-state index < -0.39 is 23.4 Å². The molecule has 2 aromatic carbocycles. The number of carbonyl (C=O) groups is 2. The molecule has 0 unspecified atom stereocenters. The quantitative estimate of drug-likeness (QED) is 0.605. The van der Waals surface area contributed by atoms with E-state index in [0.717, 1.165) is 25.0 Å². The van der Waals surface area contributed by atoms with Gasteiger partial charge in [0.15, 0.2) is 11.6 Å². The SMILES string of the molecule is O=C(CC(=O)Nc1ccc(F)c(F)c1)NCCCc1ccccc1. The van der Waals surface area contributed by atoms with E-state index in [1.54, 1.807) is 0 Å². The van der Waals surface area contributed by atoms with Crippen LogP contribution in [0.25, 0.3) is 0 Å². The van der Waals surface area contributed by atoms with Crippen molar-refractivity contribution in [3.8, 4) is 0 Å². The highest BCUT2D eigenvalue weighted by molar-refractivity contribution is 6.03. The van der Waals surface area contributed by atoms with Crippen molar-refractivity contribution in [1.82, 2.24) is 5.32 Å². The Morgan fingerprint density at radius 3 is 2.38 bits per heavy atom.